The smallest absolute Gasteiger partial charge is 1.00 e. The molecule has 45 valence electrons. The van der Waals surface area contributed by atoms with Crippen LogP contribution in [0.15, 0.2) is 0 Å². The van der Waals surface area contributed by atoms with E-state index >= 15 is 0 Å². The maximum atomic E-state index is 0. The summed E-state index contributed by atoms with van der Waals surface area (Å²) in [6, 6.07) is 0. The van der Waals surface area contributed by atoms with Crippen molar-refractivity contribution in [3.05, 3.63) is 0 Å². The molecule has 0 unspecified atom stereocenters. The van der Waals surface area contributed by atoms with E-state index in [1.54, 1.807) is 0 Å². The number of hydrogen-bond donors (Lipinski definition) is 0. The zero-order chi connectivity index (χ0) is 0. The Bertz CT molecular complexity index is 11.7. The van der Waals surface area contributed by atoms with Gasteiger partial charge in [0.05, 0.1) is 0 Å². The van der Waals surface area contributed by atoms with Gasteiger partial charge in [0.2, 0.25) is 0 Å². The van der Waals surface area contributed by atoms with Crippen molar-refractivity contribution in [2.24, 2.45) is 0 Å². The van der Waals surface area contributed by atoms with Crippen molar-refractivity contribution in [3.8, 4) is 0 Å². The topological polar surface area (TPSA) is 0 Å². The number of rotatable bonds is 0. The number of halogens is 4. The third-order valence-corrected chi connectivity index (χ3v) is 0. The number of hydrogen-bond acceptors (Lipinski definition) is 0. The summed E-state index contributed by atoms with van der Waals surface area (Å²) < 4.78 is 0. The van der Waals surface area contributed by atoms with E-state index in [9.17, 15) is 0 Å². The minimum Gasteiger partial charge on any atom is -1.00 e. The van der Waals surface area contributed by atoms with Gasteiger partial charge in [-0.05, 0) is 0 Å². The van der Waals surface area contributed by atoms with Crippen molar-refractivity contribution in [2.45, 2.75) is 0 Å². The molecule has 0 saturated carbocycles. The monoisotopic (exact) mass is 365 g/mol. The molecule has 0 heterocycles. The fourth-order valence-corrected chi connectivity index (χ4v) is 0. The molecule has 0 bridgehead atoms. The van der Waals surface area contributed by atoms with Gasteiger partial charge in [-0.1, -0.05) is 0 Å². The largest absolute Gasteiger partial charge is 1.00 e. The van der Waals surface area contributed by atoms with Crippen molar-refractivity contribution in [3.63, 3.8) is 0 Å². The molecule has 0 aromatic rings. The minimum atomic E-state index is 0. The second-order valence-corrected chi connectivity index (χ2v) is 0. The molecule has 6 heteroatoms. The first-order valence-corrected chi connectivity index (χ1v) is 0. The zero-order valence-corrected chi connectivity index (χ0v) is 10.4. The Hall–Kier alpha value is 2.90. The minimum absolute atomic E-state index is 0. The summed E-state index contributed by atoms with van der Waals surface area (Å²) in [6.07, 6.45) is 0. The van der Waals surface area contributed by atoms with E-state index in [1.807, 2.05) is 0 Å². The summed E-state index contributed by atoms with van der Waals surface area (Å²) in [5, 5.41) is 0. The Balaban J connectivity index is 0. The Labute approximate surface area is 102 Å². The van der Waals surface area contributed by atoms with E-state index in [-0.39, 0.29) is 103 Å². The molecule has 0 aromatic heterocycles. The molecular weight excluding hydrogens is 362 g/mol. The molecule has 0 rings (SSSR count). The second-order valence-electron chi connectivity index (χ2n) is 0. The van der Waals surface area contributed by atoms with Crippen LogP contribution in [-0.4, -0.2) is 0 Å². The maximum absolute atomic E-state index is 0. The molecule has 0 fully saturated rings. The first-order valence-electron chi connectivity index (χ1n) is 0. The Morgan fingerprint density at radius 1 is 0.667 bits per heavy atom. The van der Waals surface area contributed by atoms with Gasteiger partial charge in [-0.25, -0.2) is 0 Å². The van der Waals surface area contributed by atoms with Crippen LogP contribution in [0.3, 0.4) is 0 Å². The summed E-state index contributed by atoms with van der Waals surface area (Å²) in [4.78, 5) is 0. The maximum Gasteiger partial charge on any atom is 1.00 e. The van der Waals surface area contributed by atoms with Crippen LogP contribution in [0.5, 0.6) is 0 Å². The van der Waals surface area contributed by atoms with E-state index in [2.05, 4.69) is 0 Å². The van der Waals surface area contributed by atoms with E-state index in [1.165, 1.54) is 0 Å². The van der Waals surface area contributed by atoms with Crippen LogP contribution in [0, 0.1) is 0 Å². The molecule has 0 aliphatic heterocycles. The van der Waals surface area contributed by atoms with Crippen LogP contribution >= 0.6 is 49.6 Å². The van der Waals surface area contributed by atoms with E-state index in [0.717, 1.165) is 0 Å². The van der Waals surface area contributed by atoms with Crippen LogP contribution in [-0.2, 0) is 22.4 Å². The molecule has 0 aliphatic carbocycles. The van der Waals surface area contributed by atoms with Crippen LogP contribution < -0.4 is 29.6 Å². The molecule has 6 heavy (non-hydrogen) atoms. The normalized spacial score (nSPS) is 0. The fourth-order valence-electron chi connectivity index (χ4n) is 0. The molecule has 0 amide bonds. The molecule has 0 saturated heterocycles. The van der Waals surface area contributed by atoms with Gasteiger partial charge in [0.25, 0.3) is 0 Å². The Morgan fingerprint density at radius 3 is 0.667 bits per heavy atom. The molecular formula is H5AuCl4Na. The van der Waals surface area contributed by atoms with Crippen molar-refractivity contribution < 1.29 is 53.4 Å². The molecule has 0 aliphatic rings. The van der Waals surface area contributed by atoms with Gasteiger partial charge >= 0.3 is 29.6 Å². The van der Waals surface area contributed by atoms with E-state index < -0.39 is 0 Å². The first kappa shape index (κ1) is 66.0. The first-order chi connectivity index (χ1) is 0. The molecule has 0 atom stereocenters. The molecule has 1 radical (unpaired) electrons. The van der Waals surface area contributed by atoms with Crippen molar-refractivity contribution in [1.82, 2.24) is 0 Å². The van der Waals surface area contributed by atoms with Gasteiger partial charge in [-0.2, -0.15) is 0 Å². The SMILES string of the molecule is Cl.Cl.Cl.Cl.[Au].[H-].[Na+]. The average Bonchev–Trinajstić information content (AvgIpc) is 0. The van der Waals surface area contributed by atoms with Gasteiger partial charge in [-0.3, -0.25) is 0 Å². The van der Waals surface area contributed by atoms with Crippen molar-refractivity contribution >= 4 is 49.6 Å². The van der Waals surface area contributed by atoms with E-state index in [4.69, 9.17) is 0 Å². The standard InChI is InChI=1S/Au.4ClH.Na.H/h;4*1H;;/q;;;;;+1;-1. The van der Waals surface area contributed by atoms with Gasteiger partial charge < -0.3 is 1.43 Å². The van der Waals surface area contributed by atoms with E-state index in [0.29, 0.717) is 0 Å². The summed E-state index contributed by atoms with van der Waals surface area (Å²) >= 11 is 0. The average molecular weight is 367 g/mol. The second kappa shape index (κ2) is 44.7. The predicted molar refractivity (Wildman–Crippen MR) is 30.1 cm³/mol. The van der Waals surface area contributed by atoms with Gasteiger partial charge in [0.1, 0.15) is 0 Å². The van der Waals surface area contributed by atoms with Crippen molar-refractivity contribution in [1.29, 1.82) is 0 Å². The molecule has 0 aromatic carbocycles. The van der Waals surface area contributed by atoms with Crippen LogP contribution in [0.2, 0.25) is 0 Å². The van der Waals surface area contributed by atoms with Crippen LogP contribution in [0.25, 0.3) is 0 Å². The molecule has 0 N–H and O–H groups in total. The van der Waals surface area contributed by atoms with Gasteiger partial charge in [0, 0.05) is 22.4 Å². The summed E-state index contributed by atoms with van der Waals surface area (Å²) in [7, 11) is 0. The quantitative estimate of drug-likeness (QED) is 0.473. The van der Waals surface area contributed by atoms with Crippen molar-refractivity contribution in [2.75, 3.05) is 0 Å². The predicted octanol–water partition coefficient (Wildman–Crippen LogP) is -1.20. The summed E-state index contributed by atoms with van der Waals surface area (Å²) in [6.45, 7) is 0. The fraction of sp³-hybridized carbons (Fsp3) is 0. The zero-order valence-electron chi connectivity index (χ0n) is 3.93. The van der Waals surface area contributed by atoms with Crippen LogP contribution in [0.4, 0.5) is 0 Å². The Morgan fingerprint density at radius 2 is 0.667 bits per heavy atom. The summed E-state index contributed by atoms with van der Waals surface area (Å²) in [5.41, 5.74) is 0. The summed E-state index contributed by atoms with van der Waals surface area (Å²) in [5.74, 6) is 0. The molecule has 0 spiro atoms. The van der Waals surface area contributed by atoms with Crippen LogP contribution in [0.1, 0.15) is 1.43 Å². The third kappa shape index (κ3) is 28.6. The van der Waals surface area contributed by atoms with Gasteiger partial charge in [0.15, 0.2) is 0 Å². The third-order valence-electron chi connectivity index (χ3n) is 0. The molecule has 0 nitrogen and oxygen atoms in total. The Kier molecular flexibility index (Phi) is 492. The van der Waals surface area contributed by atoms with Gasteiger partial charge in [-0.15, -0.1) is 49.6 Å².